The van der Waals surface area contributed by atoms with Gasteiger partial charge in [0.1, 0.15) is 8.07 Å². The van der Waals surface area contributed by atoms with Crippen LogP contribution in [0, 0.1) is 17.8 Å². The quantitative estimate of drug-likeness (QED) is 0.182. The van der Waals surface area contributed by atoms with E-state index < -0.39 is 24.7 Å². The molecule has 1 rings (SSSR count). The molecule has 41 heavy (non-hydrogen) atoms. The van der Waals surface area contributed by atoms with Gasteiger partial charge in [0.2, 0.25) is 8.32 Å². The molecule has 0 saturated heterocycles. The van der Waals surface area contributed by atoms with E-state index in [0.29, 0.717) is 34.4 Å². The van der Waals surface area contributed by atoms with Crippen molar-refractivity contribution in [2.75, 3.05) is 0 Å². The molecule has 0 fully saturated rings. The predicted octanol–water partition coefficient (Wildman–Crippen LogP) is 11.4. The molecule has 0 unspecified atom stereocenters. The Hall–Kier alpha value is -0.469. The Morgan fingerprint density at radius 2 is 1.22 bits per heavy atom. The van der Waals surface area contributed by atoms with Gasteiger partial charge in [0.25, 0.3) is 0 Å². The fraction of sp³-hybridized carbons (Fsp3) is 0.778. The van der Waals surface area contributed by atoms with Crippen molar-refractivity contribution in [2.24, 2.45) is 17.8 Å². The second-order valence-electron chi connectivity index (χ2n) is 16.2. The molecule has 5 atom stereocenters. The summed E-state index contributed by atoms with van der Waals surface area (Å²) in [4.78, 5) is 0. The number of allylic oxidation sites excluding steroid dienone is 1. The van der Waals surface area contributed by atoms with E-state index in [1.165, 1.54) is 5.19 Å². The molecule has 0 aromatic heterocycles. The lowest BCUT2D eigenvalue weighted by molar-refractivity contribution is -0.00992. The van der Waals surface area contributed by atoms with E-state index in [0.717, 1.165) is 6.42 Å². The number of hydrogen-bond acceptors (Lipinski definition) is 2. The minimum atomic E-state index is -2.07. The first-order valence-electron chi connectivity index (χ1n) is 16.7. The zero-order valence-corrected chi connectivity index (χ0v) is 33.6. The summed E-state index contributed by atoms with van der Waals surface area (Å²) >= 11 is 0. The maximum absolute atomic E-state index is 7.67. The van der Waals surface area contributed by atoms with Crippen molar-refractivity contribution in [3.63, 3.8) is 0 Å². The maximum atomic E-state index is 7.67. The molecule has 0 spiro atoms. The lowest BCUT2D eigenvalue weighted by Crippen LogP contribution is -2.55. The van der Waals surface area contributed by atoms with E-state index in [1.807, 2.05) is 0 Å². The second-order valence-corrected chi connectivity index (χ2v) is 31.0. The molecule has 0 aliphatic rings. The van der Waals surface area contributed by atoms with Crippen molar-refractivity contribution in [3.8, 4) is 0 Å². The highest BCUT2D eigenvalue weighted by atomic mass is 28.4. The van der Waals surface area contributed by atoms with Crippen LogP contribution in [-0.4, -0.2) is 36.9 Å². The van der Waals surface area contributed by atoms with Crippen LogP contribution in [0.15, 0.2) is 41.6 Å². The van der Waals surface area contributed by atoms with Gasteiger partial charge in [-0.3, -0.25) is 0 Å². The third kappa shape index (κ3) is 9.03. The van der Waals surface area contributed by atoms with E-state index in [9.17, 15) is 0 Å². The third-order valence-electron chi connectivity index (χ3n) is 11.0. The third-order valence-corrected chi connectivity index (χ3v) is 25.5. The number of benzene rings is 1. The Labute approximate surface area is 260 Å². The van der Waals surface area contributed by atoms with Crippen molar-refractivity contribution >= 4 is 29.9 Å². The van der Waals surface area contributed by atoms with Gasteiger partial charge < -0.3 is 8.85 Å². The second kappa shape index (κ2) is 15.0. The Balaban J connectivity index is 3.73. The lowest BCUT2D eigenvalue weighted by Gasteiger charge is -2.50. The van der Waals surface area contributed by atoms with Gasteiger partial charge in [0.05, 0.1) is 12.2 Å². The number of hydrogen-bond donors (Lipinski definition) is 0. The molecule has 0 N–H and O–H groups in total. The normalized spacial score (nSPS) is 18.1. The minimum Gasteiger partial charge on any atom is -0.413 e. The molecule has 0 aliphatic carbocycles. The van der Waals surface area contributed by atoms with Gasteiger partial charge in [-0.15, -0.1) is 0 Å². The van der Waals surface area contributed by atoms with E-state index in [-0.39, 0.29) is 17.2 Å². The molecule has 1 aromatic rings. The molecule has 0 saturated carbocycles. The molecule has 5 heteroatoms. The van der Waals surface area contributed by atoms with E-state index in [1.54, 1.807) is 5.20 Å². The Morgan fingerprint density at radius 3 is 1.61 bits per heavy atom. The van der Waals surface area contributed by atoms with Gasteiger partial charge in [0.15, 0.2) is 8.32 Å². The molecular formula is C36H70O2Si3. The van der Waals surface area contributed by atoms with E-state index in [4.69, 9.17) is 8.85 Å². The summed E-state index contributed by atoms with van der Waals surface area (Å²) in [6.07, 6.45) is 4.00. The molecule has 0 heterocycles. The van der Waals surface area contributed by atoms with Crippen molar-refractivity contribution in [1.29, 1.82) is 0 Å². The standard InChI is InChI=1S/C36H70O2Si3/c1-19-29(8)34(38-41(26(2)3,27(4)5)28(6)7)32(11)35(37-40(17,18)36(12,13)14)30(9)25-31(10)39(15,16)33-23-21-20-22-24-33/h20-30,32,34-35H,19H2,1-18H3/b31-25+/t29-,30-,32+,34-,35+/m1/s1. The summed E-state index contributed by atoms with van der Waals surface area (Å²) in [5.41, 5.74) is 1.70. The summed E-state index contributed by atoms with van der Waals surface area (Å²) in [7, 11) is -5.87. The first-order chi connectivity index (χ1) is 18.6. The lowest BCUT2D eigenvalue weighted by atomic mass is 9.83. The molecule has 0 bridgehead atoms. The van der Waals surface area contributed by atoms with Crippen LogP contribution < -0.4 is 5.19 Å². The summed E-state index contributed by atoms with van der Waals surface area (Å²) < 4.78 is 15.1. The van der Waals surface area contributed by atoms with Gasteiger partial charge >= 0.3 is 0 Å². The van der Waals surface area contributed by atoms with Gasteiger partial charge in [-0.05, 0) is 53.5 Å². The van der Waals surface area contributed by atoms with Gasteiger partial charge in [-0.2, -0.15) is 0 Å². The summed E-state index contributed by atoms with van der Waals surface area (Å²) in [5, 5.41) is 3.20. The van der Waals surface area contributed by atoms with Crippen LogP contribution in [0.4, 0.5) is 0 Å². The highest BCUT2D eigenvalue weighted by Gasteiger charge is 2.50. The zero-order valence-electron chi connectivity index (χ0n) is 30.6. The van der Waals surface area contributed by atoms with Crippen molar-refractivity contribution in [1.82, 2.24) is 0 Å². The predicted molar refractivity (Wildman–Crippen MR) is 193 cm³/mol. The average Bonchev–Trinajstić information content (AvgIpc) is 2.86. The van der Waals surface area contributed by atoms with Gasteiger partial charge in [0, 0.05) is 5.92 Å². The molecule has 238 valence electrons. The topological polar surface area (TPSA) is 18.5 Å². The van der Waals surface area contributed by atoms with E-state index in [2.05, 4.69) is 160 Å². The molecule has 2 nitrogen and oxygen atoms in total. The van der Waals surface area contributed by atoms with Gasteiger partial charge in [-0.1, -0.05) is 156 Å². The molecule has 0 radical (unpaired) electrons. The van der Waals surface area contributed by atoms with Crippen molar-refractivity contribution in [3.05, 3.63) is 41.6 Å². The highest BCUT2D eigenvalue weighted by molar-refractivity contribution is 6.95. The first-order valence-corrected chi connectivity index (χ1v) is 24.7. The zero-order chi connectivity index (χ0) is 32.1. The summed E-state index contributed by atoms with van der Waals surface area (Å²) in [5.74, 6) is 1.08. The van der Waals surface area contributed by atoms with Crippen LogP contribution >= 0.6 is 0 Å². The maximum Gasteiger partial charge on any atom is 0.200 e. The SMILES string of the molecule is CC[C@@H](C)[C@@H](O[Si](C(C)C)(C(C)C)C(C)C)[C@H](C)[C@@H](O[Si](C)(C)C(C)(C)C)[C@H](C)/C=C(\C)[Si](C)(C)c1ccccc1. The average molecular weight is 619 g/mol. The first kappa shape index (κ1) is 38.6. The number of rotatable bonds is 15. The van der Waals surface area contributed by atoms with Crippen LogP contribution in [0.3, 0.4) is 0 Å². The molecule has 0 aliphatic heterocycles. The Bertz CT molecular complexity index is 922. The summed E-state index contributed by atoms with van der Waals surface area (Å²) in [6.45, 7) is 43.4. The molecule has 1 aromatic carbocycles. The Kier molecular flexibility index (Phi) is 14.1. The fourth-order valence-corrected chi connectivity index (χ4v) is 16.2. The smallest absolute Gasteiger partial charge is 0.200 e. The van der Waals surface area contributed by atoms with Crippen LogP contribution in [0.5, 0.6) is 0 Å². The van der Waals surface area contributed by atoms with Crippen molar-refractivity contribution in [2.45, 2.75) is 163 Å². The molecule has 0 amide bonds. The van der Waals surface area contributed by atoms with Gasteiger partial charge in [-0.25, -0.2) is 0 Å². The summed E-state index contributed by atoms with van der Waals surface area (Å²) in [6, 6.07) is 11.1. The van der Waals surface area contributed by atoms with Crippen LogP contribution in [0.2, 0.25) is 47.8 Å². The van der Waals surface area contributed by atoms with Crippen LogP contribution in [0.1, 0.15) is 103 Å². The fourth-order valence-electron chi connectivity index (χ4n) is 6.80. The van der Waals surface area contributed by atoms with Crippen LogP contribution in [0.25, 0.3) is 0 Å². The highest BCUT2D eigenvalue weighted by Crippen LogP contribution is 2.46. The Morgan fingerprint density at radius 1 is 0.756 bits per heavy atom. The van der Waals surface area contributed by atoms with Crippen LogP contribution in [-0.2, 0) is 8.85 Å². The monoisotopic (exact) mass is 618 g/mol. The molecular weight excluding hydrogens is 549 g/mol. The van der Waals surface area contributed by atoms with E-state index >= 15 is 0 Å². The largest absolute Gasteiger partial charge is 0.413 e. The van der Waals surface area contributed by atoms with Crippen molar-refractivity contribution < 1.29 is 8.85 Å². The minimum absolute atomic E-state index is 0.114.